The van der Waals surface area contributed by atoms with Crippen molar-refractivity contribution in [1.82, 2.24) is 26.0 Å². The molecule has 0 radical (unpaired) electrons. The maximum atomic E-state index is 12.4. The Morgan fingerprint density at radius 2 is 1.68 bits per heavy atom. The van der Waals surface area contributed by atoms with Crippen LogP contribution < -0.4 is 10.9 Å². The summed E-state index contributed by atoms with van der Waals surface area (Å²) in [7, 11) is 0. The van der Waals surface area contributed by atoms with Gasteiger partial charge in [-0.3, -0.25) is 25.5 Å². The highest BCUT2D eigenvalue weighted by molar-refractivity contribution is 6.01. The molecule has 2 heterocycles. The molecule has 0 bridgehead atoms. The van der Waals surface area contributed by atoms with Crippen molar-refractivity contribution < 1.29 is 9.59 Å². The van der Waals surface area contributed by atoms with Crippen LogP contribution in [0.15, 0.2) is 54.6 Å². The van der Waals surface area contributed by atoms with Gasteiger partial charge in [0.25, 0.3) is 11.8 Å². The van der Waals surface area contributed by atoms with Crippen molar-refractivity contribution in [3.8, 4) is 11.3 Å². The molecular weight excluding hydrogens is 354 g/mol. The monoisotopic (exact) mass is 373 g/mol. The highest BCUT2D eigenvalue weighted by atomic mass is 16.2. The van der Waals surface area contributed by atoms with Crippen LogP contribution in [0.5, 0.6) is 0 Å². The van der Waals surface area contributed by atoms with Gasteiger partial charge in [0.05, 0.1) is 5.69 Å². The molecule has 4 N–H and O–H groups in total. The molecule has 0 unspecified atom stereocenters. The average Bonchev–Trinajstić information content (AvgIpc) is 3.32. The third-order valence-corrected chi connectivity index (χ3v) is 4.75. The van der Waals surface area contributed by atoms with Crippen molar-refractivity contribution in [2.45, 2.75) is 13.8 Å². The van der Waals surface area contributed by atoms with Crippen molar-refractivity contribution in [3.63, 3.8) is 0 Å². The number of rotatable bonds is 3. The number of hydrogen-bond donors (Lipinski definition) is 4. The lowest BCUT2D eigenvalue weighted by molar-refractivity contribution is 0.0844. The van der Waals surface area contributed by atoms with Crippen molar-refractivity contribution in [2.24, 2.45) is 0 Å². The fraction of sp³-hybridized carbons (Fsp3) is 0.0952. The average molecular weight is 373 g/mol. The summed E-state index contributed by atoms with van der Waals surface area (Å²) in [6, 6.07) is 16.5. The predicted octanol–water partition coefficient (Wildman–Crippen LogP) is 3.25. The first-order chi connectivity index (χ1) is 13.5. The molecule has 4 rings (SSSR count). The van der Waals surface area contributed by atoms with E-state index in [2.05, 4.69) is 26.0 Å². The Hall–Kier alpha value is -3.87. The Kier molecular flexibility index (Phi) is 4.41. The predicted molar refractivity (Wildman–Crippen MR) is 107 cm³/mol. The van der Waals surface area contributed by atoms with Crippen LogP contribution in [-0.2, 0) is 0 Å². The molecule has 0 saturated heterocycles. The summed E-state index contributed by atoms with van der Waals surface area (Å²) in [6.07, 6.45) is 0. The van der Waals surface area contributed by atoms with E-state index in [4.69, 9.17) is 0 Å². The normalized spacial score (nSPS) is 10.8. The molecule has 140 valence electrons. The Labute approximate surface area is 161 Å². The van der Waals surface area contributed by atoms with Crippen LogP contribution >= 0.6 is 0 Å². The van der Waals surface area contributed by atoms with Gasteiger partial charge < -0.3 is 4.98 Å². The van der Waals surface area contributed by atoms with Crippen LogP contribution in [-0.4, -0.2) is 27.0 Å². The number of H-pyrrole nitrogens is 2. The summed E-state index contributed by atoms with van der Waals surface area (Å²) < 4.78 is 0. The van der Waals surface area contributed by atoms with E-state index < -0.39 is 11.8 Å². The van der Waals surface area contributed by atoms with Crippen molar-refractivity contribution in [2.75, 3.05) is 0 Å². The number of hydrazine groups is 1. The fourth-order valence-electron chi connectivity index (χ4n) is 3.05. The number of aryl methyl sites for hydroxylation is 2. The number of fused-ring (bicyclic) bond motifs is 1. The molecule has 4 aromatic rings. The van der Waals surface area contributed by atoms with Gasteiger partial charge in [0.1, 0.15) is 5.69 Å². The van der Waals surface area contributed by atoms with E-state index in [9.17, 15) is 9.59 Å². The Morgan fingerprint density at radius 1 is 0.929 bits per heavy atom. The molecule has 2 aromatic carbocycles. The standard InChI is InChI=1S/C21H19N5O2/c1-12-13(2)22-17-9-8-15(10-16(12)17)20(27)25-26-21(28)19-11-18(23-24-19)14-6-4-3-5-7-14/h3-11,22H,1-2H3,(H,23,24)(H,25,27)(H,26,28). The van der Waals surface area contributed by atoms with E-state index in [1.165, 1.54) is 0 Å². The number of carbonyl (C=O) groups is 2. The van der Waals surface area contributed by atoms with Crippen molar-refractivity contribution >= 4 is 22.7 Å². The molecule has 0 saturated carbocycles. The van der Waals surface area contributed by atoms with E-state index in [0.717, 1.165) is 27.7 Å². The van der Waals surface area contributed by atoms with Gasteiger partial charge in [-0.1, -0.05) is 30.3 Å². The molecule has 7 nitrogen and oxygen atoms in total. The molecule has 7 heteroatoms. The van der Waals surface area contributed by atoms with E-state index in [0.29, 0.717) is 11.3 Å². The first kappa shape index (κ1) is 17.5. The first-order valence-electron chi connectivity index (χ1n) is 8.83. The van der Waals surface area contributed by atoms with Gasteiger partial charge in [0.15, 0.2) is 0 Å². The summed E-state index contributed by atoms with van der Waals surface area (Å²) >= 11 is 0. The van der Waals surface area contributed by atoms with Crippen molar-refractivity contribution in [1.29, 1.82) is 0 Å². The third kappa shape index (κ3) is 3.25. The first-order valence-corrected chi connectivity index (χ1v) is 8.83. The van der Waals surface area contributed by atoms with Gasteiger partial charge in [-0.05, 0) is 43.7 Å². The largest absolute Gasteiger partial charge is 0.358 e. The zero-order chi connectivity index (χ0) is 19.7. The zero-order valence-corrected chi connectivity index (χ0v) is 15.5. The van der Waals surface area contributed by atoms with Crippen molar-refractivity contribution in [3.05, 3.63) is 77.1 Å². The molecule has 2 aromatic heterocycles. The molecule has 0 aliphatic rings. The van der Waals surface area contributed by atoms with E-state index in [1.54, 1.807) is 18.2 Å². The number of carbonyl (C=O) groups excluding carboxylic acids is 2. The number of nitrogens with one attached hydrogen (secondary N) is 4. The van der Waals surface area contributed by atoms with Gasteiger partial charge in [-0.25, -0.2) is 0 Å². The molecule has 0 aliphatic heterocycles. The molecule has 0 aliphatic carbocycles. The molecule has 0 atom stereocenters. The minimum atomic E-state index is -0.474. The minimum absolute atomic E-state index is 0.256. The second kappa shape index (κ2) is 7.03. The van der Waals surface area contributed by atoms with Crippen LogP contribution in [0.25, 0.3) is 22.2 Å². The quantitative estimate of drug-likeness (QED) is 0.415. The molecular formula is C21H19N5O2. The van der Waals surface area contributed by atoms with E-state index in [1.807, 2.05) is 50.2 Å². The van der Waals surface area contributed by atoms with Gasteiger partial charge >= 0.3 is 0 Å². The van der Waals surface area contributed by atoms with Crippen LogP contribution in [0.2, 0.25) is 0 Å². The number of aromatic amines is 2. The summed E-state index contributed by atoms with van der Waals surface area (Å²) in [6.45, 7) is 3.99. The summed E-state index contributed by atoms with van der Waals surface area (Å²) in [5.74, 6) is -0.867. The Balaban J connectivity index is 1.44. The summed E-state index contributed by atoms with van der Waals surface area (Å²) in [5, 5.41) is 7.81. The lowest BCUT2D eigenvalue weighted by Gasteiger charge is -2.06. The smallest absolute Gasteiger partial charge is 0.287 e. The number of benzene rings is 2. The van der Waals surface area contributed by atoms with Gasteiger partial charge in [0.2, 0.25) is 0 Å². The molecule has 0 spiro atoms. The number of hydrogen-bond acceptors (Lipinski definition) is 3. The van der Waals surface area contributed by atoms with Crippen LogP contribution in [0.3, 0.4) is 0 Å². The number of aromatic nitrogens is 3. The SMILES string of the molecule is Cc1[nH]c2ccc(C(=O)NNC(=O)c3cc(-c4ccccc4)n[nH]3)cc2c1C. The Bertz CT molecular complexity index is 1170. The second-order valence-corrected chi connectivity index (χ2v) is 6.58. The molecule has 0 fully saturated rings. The Morgan fingerprint density at radius 3 is 2.46 bits per heavy atom. The topological polar surface area (TPSA) is 103 Å². The maximum Gasteiger partial charge on any atom is 0.287 e. The van der Waals surface area contributed by atoms with Crippen LogP contribution in [0.4, 0.5) is 0 Å². The second-order valence-electron chi connectivity index (χ2n) is 6.58. The summed E-state index contributed by atoms with van der Waals surface area (Å²) in [5.41, 5.74) is 10.3. The van der Waals surface area contributed by atoms with Gasteiger partial charge in [-0.2, -0.15) is 5.10 Å². The minimum Gasteiger partial charge on any atom is -0.358 e. The van der Waals surface area contributed by atoms with E-state index in [-0.39, 0.29) is 5.69 Å². The highest BCUT2D eigenvalue weighted by Gasteiger charge is 2.14. The highest BCUT2D eigenvalue weighted by Crippen LogP contribution is 2.22. The molecule has 2 amide bonds. The molecule has 28 heavy (non-hydrogen) atoms. The van der Waals surface area contributed by atoms with Crippen LogP contribution in [0, 0.1) is 13.8 Å². The van der Waals surface area contributed by atoms with Gasteiger partial charge in [-0.15, -0.1) is 0 Å². The van der Waals surface area contributed by atoms with Crippen LogP contribution in [0.1, 0.15) is 32.1 Å². The summed E-state index contributed by atoms with van der Waals surface area (Å²) in [4.78, 5) is 28.0. The number of nitrogens with zero attached hydrogens (tertiary/aromatic N) is 1. The lowest BCUT2D eigenvalue weighted by Crippen LogP contribution is -2.41. The maximum absolute atomic E-state index is 12.4. The van der Waals surface area contributed by atoms with E-state index >= 15 is 0 Å². The zero-order valence-electron chi connectivity index (χ0n) is 15.5. The van der Waals surface area contributed by atoms with Gasteiger partial charge in [0, 0.05) is 27.7 Å². The third-order valence-electron chi connectivity index (χ3n) is 4.75. The lowest BCUT2D eigenvalue weighted by atomic mass is 10.1. The fourth-order valence-corrected chi connectivity index (χ4v) is 3.05. The number of amides is 2.